The predicted molar refractivity (Wildman–Crippen MR) is 119 cm³/mol. The normalized spacial score (nSPS) is 10.6. The first-order valence-corrected chi connectivity index (χ1v) is 10.1. The van der Waals surface area contributed by atoms with Gasteiger partial charge in [-0.15, -0.1) is 0 Å². The van der Waals surface area contributed by atoms with Crippen LogP contribution in [0.15, 0.2) is 60.7 Å². The van der Waals surface area contributed by atoms with E-state index in [1.807, 2.05) is 36.4 Å². The Labute approximate surface area is 182 Å². The van der Waals surface area contributed by atoms with E-state index in [9.17, 15) is 4.39 Å². The molecule has 0 aliphatic carbocycles. The van der Waals surface area contributed by atoms with E-state index < -0.39 is 0 Å². The molecule has 0 atom stereocenters. The SMILES string of the molecule is COc1ccc(CCNCc2cccc(OC)c2OCc2ccc(F)cc2)cc1OC. The summed E-state index contributed by atoms with van der Waals surface area (Å²) in [6, 6.07) is 18.0. The third-order valence-electron chi connectivity index (χ3n) is 4.93. The molecule has 1 N–H and O–H groups in total. The Hall–Kier alpha value is -3.25. The maximum absolute atomic E-state index is 13.1. The van der Waals surface area contributed by atoms with E-state index in [1.165, 1.54) is 12.1 Å². The molecule has 0 bridgehead atoms. The minimum Gasteiger partial charge on any atom is -0.493 e. The second-order valence-electron chi connectivity index (χ2n) is 6.98. The zero-order chi connectivity index (χ0) is 22.1. The van der Waals surface area contributed by atoms with Gasteiger partial charge in [0.1, 0.15) is 12.4 Å². The number of para-hydroxylation sites is 1. The molecule has 0 aliphatic rings. The maximum Gasteiger partial charge on any atom is 0.166 e. The summed E-state index contributed by atoms with van der Waals surface area (Å²) in [6.07, 6.45) is 0.843. The molecule has 3 aromatic rings. The number of hydrogen-bond acceptors (Lipinski definition) is 5. The quantitative estimate of drug-likeness (QED) is 0.449. The highest BCUT2D eigenvalue weighted by atomic mass is 19.1. The zero-order valence-electron chi connectivity index (χ0n) is 18.1. The molecule has 3 aromatic carbocycles. The predicted octanol–water partition coefficient (Wildman–Crippen LogP) is 4.76. The zero-order valence-corrected chi connectivity index (χ0v) is 18.1. The van der Waals surface area contributed by atoms with E-state index in [0.717, 1.165) is 41.2 Å². The van der Waals surface area contributed by atoms with Crippen molar-refractivity contribution in [2.24, 2.45) is 0 Å². The molecule has 0 amide bonds. The Balaban J connectivity index is 1.60. The van der Waals surface area contributed by atoms with E-state index in [0.29, 0.717) is 24.7 Å². The first-order chi connectivity index (χ1) is 15.1. The number of ether oxygens (including phenoxy) is 4. The number of nitrogens with one attached hydrogen (secondary N) is 1. The summed E-state index contributed by atoms with van der Waals surface area (Å²) in [4.78, 5) is 0. The van der Waals surface area contributed by atoms with Crippen molar-refractivity contribution in [3.63, 3.8) is 0 Å². The van der Waals surface area contributed by atoms with Crippen molar-refractivity contribution in [2.45, 2.75) is 19.6 Å². The van der Waals surface area contributed by atoms with Gasteiger partial charge in [0.2, 0.25) is 0 Å². The minimum absolute atomic E-state index is 0.264. The molecule has 0 heterocycles. The lowest BCUT2D eigenvalue weighted by Crippen LogP contribution is -2.17. The lowest BCUT2D eigenvalue weighted by atomic mass is 10.1. The second kappa shape index (κ2) is 11.2. The first kappa shape index (κ1) is 22.4. The van der Waals surface area contributed by atoms with Crippen molar-refractivity contribution in [1.29, 1.82) is 0 Å². The number of rotatable bonds is 11. The highest BCUT2D eigenvalue weighted by Gasteiger charge is 2.11. The smallest absolute Gasteiger partial charge is 0.166 e. The van der Waals surface area contributed by atoms with Crippen LogP contribution in [0, 0.1) is 5.82 Å². The largest absolute Gasteiger partial charge is 0.493 e. The summed E-state index contributed by atoms with van der Waals surface area (Å²) in [7, 11) is 4.88. The Bertz CT molecular complexity index is 976. The van der Waals surface area contributed by atoms with Crippen LogP contribution in [0.1, 0.15) is 16.7 Å². The molecular weight excluding hydrogens is 397 g/mol. The van der Waals surface area contributed by atoms with Crippen LogP contribution in [0.5, 0.6) is 23.0 Å². The molecular formula is C25H28FNO4. The standard InChI is InChI=1S/C25H28FNO4/c1-28-22-12-9-18(15-24(22)30-3)13-14-27-16-20-5-4-6-23(29-2)25(20)31-17-19-7-10-21(26)11-8-19/h4-12,15,27H,13-14,16-17H2,1-3H3. The first-order valence-electron chi connectivity index (χ1n) is 10.1. The number of methoxy groups -OCH3 is 3. The van der Waals surface area contributed by atoms with E-state index >= 15 is 0 Å². The molecule has 3 rings (SSSR count). The summed E-state index contributed by atoms with van der Waals surface area (Å²) in [5.41, 5.74) is 3.04. The molecule has 31 heavy (non-hydrogen) atoms. The molecule has 164 valence electrons. The second-order valence-corrected chi connectivity index (χ2v) is 6.98. The van der Waals surface area contributed by atoms with Crippen LogP contribution in [-0.2, 0) is 19.6 Å². The van der Waals surface area contributed by atoms with Crippen LogP contribution >= 0.6 is 0 Å². The summed E-state index contributed by atoms with van der Waals surface area (Å²) in [5.74, 6) is 2.54. The fourth-order valence-electron chi connectivity index (χ4n) is 3.25. The van der Waals surface area contributed by atoms with Gasteiger partial charge in [0.25, 0.3) is 0 Å². The van der Waals surface area contributed by atoms with Crippen molar-refractivity contribution >= 4 is 0 Å². The van der Waals surface area contributed by atoms with Gasteiger partial charge in [-0.25, -0.2) is 4.39 Å². The Morgan fingerprint density at radius 3 is 2.19 bits per heavy atom. The number of hydrogen-bond donors (Lipinski definition) is 1. The fourth-order valence-corrected chi connectivity index (χ4v) is 3.25. The van der Waals surface area contributed by atoms with Crippen molar-refractivity contribution in [3.05, 3.63) is 83.2 Å². The minimum atomic E-state index is -0.264. The van der Waals surface area contributed by atoms with Gasteiger partial charge in [0.15, 0.2) is 23.0 Å². The van der Waals surface area contributed by atoms with Crippen molar-refractivity contribution in [3.8, 4) is 23.0 Å². The van der Waals surface area contributed by atoms with E-state index in [-0.39, 0.29) is 5.82 Å². The Morgan fingerprint density at radius 2 is 1.48 bits per heavy atom. The highest BCUT2D eigenvalue weighted by molar-refractivity contribution is 5.47. The van der Waals surface area contributed by atoms with Crippen LogP contribution < -0.4 is 24.3 Å². The van der Waals surface area contributed by atoms with E-state index in [2.05, 4.69) is 5.32 Å². The molecule has 0 aromatic heterocycles. The molecule has 0 fully saturated rings. The van der Waals surface area contributed by atoms with Crippen molar-refractivity contribution in [1.82, 2.24) is 5.32 Å². The number of benzene rings is 3. The average Bonchev–Trinajstić information content (AvgIpc) is 2.81. The fraction of sp³-hybridized carbons (Fsp3) is 0.280. The van der Waals surface area contributed by atoms with Gasteiger partial charge in [0.05, 0.1) is 21.3 Å². The summed E-state index contributed by atoms with van der Waals surface area (Å²) in [6.45, 7) is 1.74. The molecule has 0 spiro atoms. The maximum atomic E-state index is 13.1. The van der Waals surface area contributed by atoms with Crippen LogP contribution in [0.25, 0.3) is 0 Å². The summed E-state index contributed by atoms with van der Waals surface area (Å²) < 4.78 is 35.3. The molecule has 0 aliphatic heterocycles. The van der Waals surface area contributed by atoms with Crippen molar-refractivity contribution in [2.75, 3.05) is 27.9 Å². The highest BCUT2D eigenvalue weighted by Crippen LogP contribution is 2.32. The van der Waals surface area contributed by atoms with Crippen LogP contribution in [0.3, 0.4) is 0 Å². The van der Waals surface area contributed by atoms with Crippen LogP contribution in [0.4, 0.5) is 4.39 Å². The van der Waals surface area contributed by atoms with Crippen LogP contribution in [-0.4, -0.2) is 27.9 Å². The lowest BCUT2D eigenvalue weighted by Gasteiger charge is -2.16. The third-order valence-corrected chi connectivity index (χ3v) is 4.93. The molecule has 6 heteroatoms. The lowest BCUT2D eigenvalue weighted by molar-refractivity contribution is 0.280. The monoisotopic (exact) mass is 425 g/mol. The van der Waals surface area contributed by atoms with Gasteiger partial charge < -0.3 is 24.3 Å². The van der Waals surface area contributed by atoms with Crippen molar-refractivity contribution < 1.29 is 23.3 Å². The van der Waals surface area contributed by atoms with E-state index in [1.54, 1.807) is 33.5 Å². The average molecular weight is 426 g/mol. The molecule has 0 unspecified atom stereocenters. The Morgan fingerprint density at radius 1 is 0.774 bits per heavy atom. The topological polar surface area (TPSA) is 49.0 Å². The van der Waals surface area contributed by atoms with Gasteiger partial charge >= 0.3 is 0 Å². The van der Waals surface area contributed by atoms with Gasteiger partial charge in [-0.1, -0.05) is 30.3 Å². The van der Waals surface area contributed by atoms with E-state index in [4.69, 9.17) is 18.9 Å². The molecule has 0 saturated carbocycles. The molecule has 5 nitrogen and oxygen atoms in total. The Kier molecular flexibility index (Phi) is 8.12. The van der Waals surface area contributed by atoms with Gasteiger partial charge in [-0.3, -0.25) is 0 Å². The van der Waals surface area contributed by atoms with Crippen LogP contribution in [0.2, 0.25) is 0 Å². The summed E-state index contributed by atoms with van der Waals surface area (Å²) in [5, 5.41) is 3.46. The number of halogens is 1. The molecule has 0 radical (unpaired) electrons. The van der Waals surface area contributed by atoms with Gasteiger partial charge in [-0.05, 0) is 54.4 Å². The third kappa shape index (κ3) is 6.12. The molecule has 0 saturated heterocycles. The summed E-state index contributed by atoms with van der Waals surface area (Å²) >= 11 is 0. The van der Waals surface area contributed by atoms with Gasteiger partial charge in [-0.2, -0.15) is 0 Å². The van der Waals surface area contributed by atoms with Gasteiger partial charge in [0, 0.05) is 12.1 Å².